The molecule has 1 fully saturated rings. The minimum atomic E-state index is -3.69. The Bertz CT molecular complexity index is 606. The van der Waals surface area contributed by atoms with Crippen LogP contribution >= 0.6 is 0 Å². The molecule has 2 rings (SSSR count). The third kappa shape index (κ3) is 2.18. The van der Waals surface area contributed by atoms with E-state index < -0.39 is 16.1 Å². The summed E-state index contributed by atoms with van der Waals surface area (Å²) in [5.41, 5.74) is 6.03. The topological polar surface area (TPSA) is 107 Å². The third-order valence-corrected chi connectivity index (χ3v) is 4.82. The first kappa shape index (κ1) is 12.8. The third-order valence-electron chi connectivity index (χ3n) is 2.88. The van der Waals surface area contributed by atoms with E-state index in [-0.39, 0.29) is 23.7 Å². The van der Waals surface area contributed by atoms with Crippen LogP contribution in [0, 0.1) is 11.3 Å². The van der Waals surface area contributed by atoms with Gasteiger partial charge in [0.2, 0.25) is 10.0 Å². The van der Waals surface area contributed by atoms with Crippen LogP contribution in [0.5, 0.6) is 0 Å². The second-order valence-electron chi connectivity index (χ2n) is 4.17. The molecule has 18 heavy (non-hydrogen) atoms. The van der Waals surface area contributed by atoms with Gasteiger partial charge in [-0.2, -0.15) is 9.57 Å². The van der Waals surface area contributed by atoms with Gasteiger partial charge >= 0.3 is 0 Å². The van der Waals surface area contributed by atoms with Gasteiger partial charge in [-0.15, -0.1) is 0 Å². The highest BCUT2D eigenvalue weighted by Crippen LogP contribution is 2.26. The Kier molecular flexibility index (Phi) is 3.26. The molecule has 0 aromatic heterocycles. The molecule has 3 N–H and O–H groups in total. The van der Waals surface area contributed by atoms with E-state index in [1.807, 2.05) is 6.07 Å². The van der Waals surface area contributed by atoms with Crippen LogP contribution in [0.4, 0.5) is 5.69 Å². The van der Waals surface area contributed by atoms with Crippen molar-refractivity contribution in [3.63, 3.8) is 0 Å². The maximum atomic E-state index is 12.3. The second-order valence-corrected chi connectivity index (χ2v) is 6.08. The fourth-order valence-corrected chi connectivity index (χ4v) is 3.51. The zero-order chi connectivity index (χ0) is 13.3. The molecule has 6 nitrogen and oxygen atoms in total. The Labute approximate surface area is 105 Å². The molecule has 1 atom stereocenters. The average Bonchev–Trinajstić information content (AvgIpc) is 2.76. The molecule has 0 amide bonds. The van der Waals surface area contributed by atoms with Gasteiger partial charge in [-0.25, -0.2) is 8.42 Å². The fourth-order valence-electron chi connectivity index (χ4n) is 1.92. The maximum Gasteiger partial charge on any atom is 0.245 e. The van der Waals surface area contributed by atoms with E-state index in [2.05, 4.69) is 0 Å². The van der Waals surface area contributed by atoms with Gasteiger partial charge < -0.3 is 10.8 Å². The number of nitrogens with zero attached hydrogens (tertiary/aromatic N) is 2. The van der Waals surface area contributed by atoms with E-state index in [1.165, 1.54) is 22.5 Å². The first-order chi connectivity index (χ1) is 8.45. The standard InChI is InChI=1S/C11H13N3O3S/c12-6-8-1-2-11(10(13)5-8)18(16,17)14-4-3-9(15)7-14/h1-2,5,9,15H,3-4,7,13H2/t9-/m1/s1. The van der Waals surface area contributed by atoms with Crippen molar-refractivity contribution >= 4 is 15.7 Å². The lowest BCUT2D eigenvalue weighted by Gasteiger charge is -2.17. The molecule has 96 valence electrons. The van der Waals surface area contributed by atoms with Gasteiger partial charge in [-0.3, -0.25) is 0 Å². The summed E-state index contributed by atoms with van der Waals surface area (Å²) in [4.78, 5) is -0.0180. The summed E-state index contributed by atoms with van der Waals surface area (Å²) in [6.07, 6.45) is -0.200. The number of β-amino-alcohol motifs (C(OH)–C–C–N with tert-alkyl or cyclic N) is 1. The highest BCUT2D eigenvalue weighted by Gasteiger charge is 2.32. The van der Waals surface area contributed by atoms with Crippen molar-refractivity contribution < 1.29 is 13.5 Å². The number of rotatable bonds is 2. The van der Waals surface area contributed by atoms with Crippen molar-refractivity contribution in [1.29, 1.82) is 5.26 Å². The van der Waals surface area contributed by atoms with Gasteiger partial charge in [0.05, 0.1) is 23.4 Å². The predicted octanol–water partition coefficient (Wildman–Crippen LogP) is -0.104. The van der Waals surface area contributed by atoms with E-state index in [9.17, 15) is 13.5 Å². The summed E-state index contributed by atoms with van der Waals surface area (Å²) in [5, 5.41) is 18.1. The predicted molar refractivity (Wildman–Crippen MR) is 65.0 cm³/mol. The second kappa shape index (κ2) is 4.57. The van der Waals surface area contributed by atoms with Crippen molar-refractivity contribution in [3.8, 4) is 6.07 Å². The summed E-state index contributed by atoms with van der Waals surface area (Å²) in [7, 11) is -3.69. The molecule has 1 aliphatic rings. The normalized spacial score (nSPS) is 20.8. The largest absolute Gasteiger partial charge is 0.398 e. The number of aliphatic hydroxyl groups is 1. The summed E-state index contributed by atoms with van der Waals surface area (Å²) in [6, 6.07) is 5.97. The first-order valence-electron chi connectivity index (χ1n) is 5.43. The van der Waals surface area contributed by atoms with Crippen LogP contribution in [0.25, 0.3) is 0 Å². The van der Waals surface area contributed by atoms with E-state index >= 15 is 0 Å². The lowest BCUT2D eigenvalue weighted by molar-refractivity contribution is 0.189. The van der Waals surface area contributed by atoms with Crippen molar-refractivity contribution in [3.05, 3.63) is 23.8 Å². The lowest BCUT2D eigenvalue weighted by atomic mass is 10.2. The minimum absolute atomic E-state index is 0.0180. The SMILES string of the molecule is N#Cc1ccc(S(=O)(=O)N2CC[C@@H](O)C2)c(N)c1. The van der Waals surface area contributed by atoms with Crippen LogP contribution in [0.1, 0.15) is 12.0 Å². The summed E-state index contributed by atoms with van der Waals surface area (Å²) >= 11 is 0. The number of hydrogen-bond acceptors (Lipinski definition) is 5. The Hall–Kier alpha value is -1.62. The van der Waals surface area contributed by atoms with Crippen molar-refractivity contribution in [2.45, 2.75) is 17.4 Å². The Morgan fingerprint density at radius 3 is 2.72 bits per heavy atom. The zero-order valence-corrected chi connectivity index (χ0v) is 10.4. The number of benzene rings is 1. The van der Waals surface area contributed by atoms with Gasteiger partial charge in [0.1, 0.15) is 4.90 Å². The van der Waals surface area contributed by atoms with Crippen LogP contribution < -0.4 is 5.73 Å². The Morgan fingerprint density at radius 2 is 2.22 bits per heavy atom. The van der Waals surface area contributed by atoms with Crippen LogP contribution in [-0.4, -0.2) is 37.0 Å². The van der Waals surface area contributed by atoms with Gasteiger partial charge in [0.25, 0.3) is 0 Å². The van der Waals surface area contributed by atoms with Gasteiger partial charge in [0, 0.05) is 13.1 Å². The molecule has 0 radical (unpaired) electrons. The van der Waals surface area contributed by atoms with Gasteiger partial charge in [0.15, 0.2) is 0 Å². The summed E-state index contributed by atoms with van der Waals surface area (Å²) in [6.45, 7) is 0.366. The summed E-state index contributed by atoms with van der Waals surface area (Å²) in [5.74, 6) is 0. The number of aliphatic hydroxyl groups excluding tert-OH is 1. The molecule has 1 heterocycles. The molecule has 0 bridgehead atoms. The van der Waals surface area contributed by atoms with Crippen LogP contribution in [0.2, 0.25) is 0 Å². The molecule has 0 saturated carbocycles. The number of hydrogen-bond donors (Lipinski definition) is 2. The smallest absolute Gasteiger partial charge is 0.245 e. The van der Waals surface area contributed by atoms with Crippen molar-refractivity contribution in [2.75, 3.05) is 18.8 Å². The fraction of sp³-hybridized carbons (Fsp3) is 0.364. The van der Waals surface area contributed by atoms with Gasteiger partial charge in [-0.1, -0.05) is 0 Å². The minimum Gasteiger partial charge on any atom is -0.398 e. The van der Waals surface area contributed by atoms with E-state index in [0.717, 1.165) is 0 Å². The zero-order valence-electron chi connectivity index (χ0n) is 9.57. The van der Waals surface area contributed by atoms with Crippen molar-refractivity contribution in [2.24, 2.45) is 0 Å². The van der Waals surface area contributed by atoms with Crippen LogP contribution in [-0.2, 0) is 10.0 Å². The molecule has 0 unspecified atom stereocenters. The first-order valence-corrected chi connectivity index (χ1v) is 6.87. The number of nitrogens with two attached hydrogens (primary N) is 1. The molecular weight excluding hydrogens is 254 g/mol. The monoisotopic (exact) mass is 267 g/mol. The molecule has 0 aliphatic carbocycles. The van der Waals surface area contributed by atoms with Crippen molar-refractivity contribution in [1.82, 2.24) is 4.31 Å². The highest BCUT2D eigenvalue weighted by molar-refractivity contribution is 7.89. The van der Waals surface area contributed by atoms with E-state index in [0.29, 0.717) is 12.0 Å². The molecule has 7 heteroatoms. The average molecular weight is 267 g/mol. The number of nitriles is 1. The number of nitrogen functional groups attached to an aromatic ring is 1. The molecule has 0 spiro atoms. The van der Waals surface area contributed by atoms with Crippen LogP contribution in [0.15, 0.2) is 23.1 Å². The molecule has 1 aliphatic heterocycles. The van der Waals surface area contributed by atoms with E-state index in [4.69, 9.17) is 11.0 Å². The number of anilines is 1. The highest BCUT2D eigenvalue weighted by atomic mass is 32.2. The molecule has 1 aromatic rings. The molecular formula is C11H13N3O3S. The Morgan fingerprint density at radius 1 is 1.50 bits per heavy atom. The van der Waals surface area contributed by atoms with Crippen LogP contribution in [0.3, 0.4) is 0 Å². The quantitative estimate of drug-likeness (QED) is 0.727. The molecule has 1 saturated heterocycles. The van der Waals surface area contributed by atoms with Gasteiger partial charge in [-0.05, 0) is 24.6 Å². The number of sulfonamides is 1. The maximum absolute atomic E-state index is 12.3. The summed E-state index contributed by atoms with van der Waals surface area (Å²) < 4.78 is 25.7. The molecule has 1 aromatic carbocycles. The Balaban J connectivity index is 2.39. The lowest BCUT2D eigenvalue weighted by Crippen LogP contribution is -2.30. The van der Waals surface area contributed by atoms with E-state index in [1.54, 1.807) is 0 Å².